The topological polar surface area (TPSA) is 88.5 Å². The van der Waals surface area contributed by atoms with Crippen molar-refractivity contribution in [3.05, 3.63) is 60.6 Å². The van der Waals surface area contributed by atoms with E-state index in [0.717, 1.165) is 5.56 Å². The molecule has 5 heteroatoms. The zero-order chi connectivity index (χ0) is 14.7. The van der Waals surface area contributed by atoms with Gasteiger partial charge in [0.15, 0.2) is 0 Å². The van der Waals surface area contributed by atoms with Crippen molar-refractivity contribution in [1.29, 1.82) is 5.26 Å². The van der Waals surface area contributed by atoms with Crippen molar-refractivity contribution >= 4 is 5.82 Å². The van der Waals surface area contributed by atoms with Crippen molar-refractivity contribution in [2.45, 2.75) is 0 Å². The Labute approximate surface area is 121 Å². The highest BCUT2D eigenvalue weighted by Crippen LogP contribution is 2.29. The first-order chi connectivity index (χ1) is 10.3. The molecule has 0 radical (unpaired) electrons. The number of aromatic nitrogens is 3. The van der Waals surface area contributed by atoms with Gasteiger partial charge in [0.2, 0.25) is 0 Å². The Balaban J connectivity index is 2.24. The van der Waals surface area contributed by atoms with Crippen molar-refractivity contribution in [3.8, 4) is 28.6 Å². The molecule has 0 aliphatic rings. The van der Waals surface area contributed by atoms with Crippen molar-refractivity contribution < 1.29 is 0 Å². The van der Waals surface area contributed by atoms with Crippen molar-refractivity contribution in [1.82, 2.24) is 15.0 Å². The standard InChI is InChI=1S/C16H11N5/c17-9-13-12(14-5-1-2-7-20-14)8-15(21-16(13)18)11-4-3-6-19-10-11/h1-8,10H,(H2,18,21). The summed E-state index contributed by atoms with van der Waals surface area (Å²) >= 11 is 0. The third-order valence-corrected chi connectivity index (χ3v) is 3.06. The van der Waals surface area contributed by atoms with Crippen LogP contribution in [0.4, 0.5) is 5.82 Å². The zero-order valence-electron chi connectivity index (χ0n) is 11.1. The second-order valence-corrected chi connectivity index (χ2v) is 4.38. The van der Waals surface area contributed by atoms with Gasteiger partial charge in [-0.3, -0.25) is 9.97 Å². The highest BCUT2D eigenvalue weighted by atomic mass is 14.9. The molecule has 0 aromatic carbocycles. The SMILES string of the molecule is N#Cc1c(-c2ccccn2)cc(-c2cccnc2)nc1N. The molecule has 0 unspecified atom stereocenters. The maximum atomic E-state index is 9.31. The summed E-state index contributed by atoms with van der Waals surface area (Å²) < 4.78 is 0. The van der Waals surface area contributed by atoms with Crippen LogP contribution in [0.25, 0.3) is 22.5 Å². The number of hydrogen-bond donors (Lipinski definition) is 1. The van der Waals surface area contributed by atoms with Gasteiger partial charge in [-0.15, -0.1) is 0 Å². The van der Waals surface area contributed by atoms with E-state index in [1.165, 1.54) is 0 Å². The average molecular weight is 273 g/mol. The quantitative estimate of drug-likeness (QED) is 0.775. The Kier molecular flexibility index (Phi) is 3.27. The molecule has 3 rings (SSSR count). The molecule has 0 spiro atoms. The molecule has 0 bridgehead atoms. The summed E-state index contributed by atoms with van der Waals surface area (Å²) in [6.07, 6.45) is 5.07. The number of nitrogen functional groups attached to an aromatic ring is 1. The maximum absolute atomic E-state index is 9.31. The highest BCUT2D eigenvalue weighted by molar-refractivity contribution is 5.78. The lowest BCUT2D eigenvalue weighted by atomic mass is 10.0. The lowest BCUT2D eigenvalue weighted by molar-refractivity contribution is 1.26. The molecule has 100 valence electrons. The number of rotatable bonds is 2. The molecule has 3 heterocycles. The van der Waals surface area contributed by atoms with Gasteiger partial charge in [-0.25, -0.2) is 4.98 Å². The summed E-state index contributed by atoms with van der Waals surface area (Å²) in [5.41, 5.74) is 9.12. The number of nitrogens with two attached hydrogens (primary N) is 1. The summed E-state index contributed by atoms with van der Waals surface area (Å²) in [4.78, 5) is 12.6. The van der Waals surface area contributed by atoms with E-state index in [4.69, 9.17) is 5.73 Å². The Morgan fingerprint density at radius 1 is 1.05 bits per heavy atom. The first-order valence-electron chi connectivity index (χ1n) is 6.32. The van der Waals surface area contributed by atoms with E-state index in [1.807, 2.05) is 36.4 Å². The predicted octanol–water partition coefficient (Wildman–Crippen LogP) is 2.66. The van der Waals surface area contributed by atoms with Gasteiger partial charge in [0, 0.05) is 29.7 Å². The first-order valence-corrected chi connectivity index (χ1v) is 6.32. The van der Waals surface area contributed by atoms with Crippen LogP contribution >= 0.6 is 0 Å². The Morgan fingerprint density at radius 3 is 2.62 bits per heavy atom. The van der Waals surface area contributed by atoms with Crippen LogP contribution in [0.3, 0.4) is 0 Å². The van der Waals surface area contributed by atoms with Gasteiger partial charge in [0.05, 0.1) is 11.4 Å². The summed E-state index contributed by atoms with van der Waals surface area (Å²) in [5, 5.41) is 9.31. The normalized spacial score (nSPS) is 10.0. The van der Waals surface area contributed by atoms with E-state index in [9.17, 15) is 5.26 Å². The molecule has 3 aromatic heterocycles. The Hall–Kier alpha value is -3.26. The molecular formula is C16H11N5. The van der Waals surface area contributed by atoms with Gasteiger partial charge in [-0.05, 0) is 30.3 Å². The fourth-order valence-corrected chi connectivity index (χ4v) is 2.07. The molecule has 0 saturated carbocycles. The van der Waals surface area contributed by atoms with Crippen molar-refractivity contribution in [2.24, 2.45) is 0 Å². The molecule has 21 heavy (non-hydrogen) atoms. The van der Waals surface area contributed by atoms with Crippen LogP contribution in [0.5, 0.6) is 0 Å². The van der Waals surface area contributed by atoms with Crippen LogP contribution in [0.15, 0.2) is 55.0 Å². The van der Waals surface area contributed by atoms with Crippen LogP contribution in [0, 0.1) is 11.3 Å². The summed E-state index contributed by atoms with van der Waals surface area (Å²) in [5.74, 6) is 0.194. The fourth-order valence-electron chi connectivity index (χ4n) is 2.07. The van der Waals surface area contributed by atoms with Gasteiger partial charge in [-0.1, -0.05) is 6.07 Å². The van der Waals surface area contributed by atoms with Gasteiger partial charge in [-0.2, -0.15) is 5.26 Å². The third kappa shape index (κ3) is 2.42. The first kappa shape index (κ1) is 12.8. The van der Waals surface area contributed by atoms with Crippen LogP contribution in [-0.4, -0.2) is 15.0 Å². The molecule has 2 N–H and O–H groups in total. The predicted molar refractivity (Wildman–Crippen MR) is 79.8 cm³/mol. The second-order valence-electron chi connectivity index (χ2n) is 4.38. The maximum Gasteiger partial charge on any atom is 0.142 e. The summed E-state index contributed by atoms with van der Waals surface area (Å²) in [7, 11) is 0. The van der Waals surface area contributed by atoms with E-state index < -0.39 is 0 Å². The Bertz CT molecular complexity index is 807. The minimum absolute atomic E-state index is 0.194. The number of nitriles is 1. The van der Waals surface area contributed by atoms with Crippen LogP contribution < -0.4 is 5.73 Å². The van der Waals surface area contributed by atoms with Gasteiger partial charge in [0.1, 0.15) is 17.5 Å². The van der Waals surface area contributed by atoms with Gasteiger partial charge in [0.25, 0.3) is 0 Å². The molecule has 3 aromatic rings. The highest BCUT2D eigenvalue weighted by Gasteiger charge is 2.13. The van der Waals surface area contributed by atoms with E-state index in [1.54, 1.807) is 18.6 Å². The molecular weight excluding hydrogens is 262 g/mol. The number of nitrogens with zero attached hydrogens (tertiary/aromatic N) is 4. The number of hydrogen-bond acceptors (Lipinski definition) is 5. The number of anilines is 1. The Morgan fingerprint density at radius 2 is 1.95 bits per heavy atom. The van der Waals surface area contributed by atoms with Gasteiger partial charge < -0.3 is 5.73 Å². The molecule has 0 fully saturated rings. The molecule has 0 aliphatic carbocycles. The van der Waals surface area contributed by atoms with Crippen molar-refractivity contribution in [2.75, 3.05) is 5.73 Å². The minimum Gasteiger partial charge on any atom is -0.383 e. The fraction of sp³-hybridized carbons (Fsp3) is 0. The monoisotopic (exact) mass is 273 g/mol. The van der Waals surface area contributed by atoms with E-state index in [2.05, 4.69) is 21.0 Å². The number of pyridine rings is 3. The molecule has 0 saturated heterocycles. The lowest BCUT2D eigenvalue weighted by Crippen LogP contribution is -2.00. The molecule has 5 nitrogen and oxygen atoms in total. The summed E-state index contributed by atoms with van der Waals surface area (Å²) in [6, 6.07) is 13.2. The van der Waals surface area contributed by atoms with Gasteiger partial charge >= 0.3 is 0 Å². The smallest absolute Gasteiger partial charge is 0.142 e. The van der Waals surface area contributed by atoms with E-state index >= 15 is 0 Å². The molecule has 0 amide bonds. The van der Waals surface area contributed by atoms with Crippen LogP contribution in [-0.2, 0) is 0 Å². The molecule has 0 aliphatic heterocycles. The largest absolute Gasteiger partial charge is 0.383 e. The second kappa shape index (κ2) is 5.39. The lowest BCUT2D eigenvalue weighted by Gasteiger charge is -2.09. The van der Waals surface area contributed by atoms with E-state index in [0.29, 0.717) is 22.5 Å². The van der Waals surface area contributed by atoms with Crippen molar-refractivity contribution in [3.63, 3.8) is 0 Å². The van der Waals surface area contributed by atoms with Crippen LogP contribution in [0.1, 0.15) is 5.56 Å². The average Bonchev–Trinajstić information content (AvgIpc) is 2.55. The molecule has 0 atom stereocenters. The minimum atomic E-state index is 0.194. The zero-order valence-corrected chi connectivity index (χ0v) is 11.1. The van der Waals surface area contributed by atoms with Crippen LogP contribution in [0.2, 0.25) is 0 Å². The summed E-state index contributed by atoms with van der Waals surface area (Å²) in [6.45, 7) is 0. The van der Waals surface area contributed by atoms with E-state index in [-0.39, 0.29) is 5.82 Å². The third-order valence-electron chi connectivity index (χ3n) is 3.06.